The second-order valence-corrected chi connectivity index (χ2v) is 2.97. The minimum absolute atomic E-state index is 0. The summed E-state index contributed by atoms with van der Waals surface area (Å²) in [6, 6.07) is 10.1. The van der Waals surface area contributed by atoms with E-state index in [2.05, 4.69) is 12.1 Å². The predicted octanol–water partition coefficient (Wildman–Crippen LogP) is 1.36. The van der Waals surface area contributed by atoms with Crippen molar-refractivity contribution < 1.29 is 5.11 Å². The standard InChI is InChI=1S/C10H15NO.ClH/c11-10(8-12)7-6-9-4-2-1-3-5-9;/h1-5,10,12H,6-8,11H2;1H/t10-;/m0./s1. The van der Waals surface area contributed by atoms with Gasteiger partial charge in [-0.05, 0) is 18.4 Å². The Hall–Kier alpha value is -0.570. The van der Waals surface area contributed by atoms with Crippen LogP contribution in [0.15, 0.2) is 30.3 Å². The van der Waals surface area contributed by atoms with Crippen LogP contribution in [0, 0.1) is 0 Å². The average molecular weight is 202 g/mol. The number of halogens is 1. The normalized spacial score (nSPS) is 11.8. The highest BCUT2D eigenvalue weighted by Crippen LogP contribution is 2.03. The second kappa shape index (κ2) is 6.89. The lowest BCUT2D eigenvalue weighted by molar-refractivity contribution is 0.260. The molecule has 0 unspecified atom stereocenters. The third kappa shape index (κ3) is 4.88. The molecule has 1 rings (SSSR count). The van der Waals surface area contributed by atoms with Crippen LogP contribution in [0.3, 0.4) is 0 Å². The van der Waals surface area contributed by atoms with Crippen molar-refractivity contribution >= 4 is 12.4 Å². The molecule has 3 N–H and O–H groups in total. The van der Waals surface area contributed by atoms with E-state index < -0.39 is 0 Å². The Bertz CT molecular complexity index is 215. The fourth-order valence-electron chi connectivity index (χ4n) is 1.09. The zero-order valence-corrected chi connectivity index (χ0v) is 8.33. The van der Waals surface area contributed by atoms with Crippen LogP contribution < -0.4 is 5.73 Å². The highest BCUT2D eigenvalue weighted by molar-refractivity contribution is 5.85. The summed E-state index contributed by atoms with van der Waals surface area (Å²) in [5, 5.41) is 8.69. The first-order valence-electron chi connectivity index (χ1n) is 4.23. The number of aliphatic hydroxyl groups is 1. The molecule has 0 bridgehead atoms. The lowest BCUT2D eigenvalue weighted by atomic mass is 10.1. The molecular weight excluding hydrogens is 186 g/mol. The predicted molar refractivity (Wildman–Crippen MR) is 57.1 cm³/mol. The molecule has 0 amide bonds. The van der Waals surface area contributed by atoms with E-state index in [1.165, 1.54) is 5.56 Å². The fraction of sp³-hybridized carbons (Fsp3) is 0.400. The minimum Gasteiger partial charge on any atom is -0.395 e. The molecule has 74 valence electrons. The lowest BCUT2D eigenvalue weighted by Gasteiger charge is -2.06. The number of hydrogen-bond donors (Lipinski definition) is 2. The molecule has 0 aliphatic heterocycles. The van der Waals surface area contributed by atoms with Gasteiger partial charge in [0.25, 0.3) is 0 Å². The van der Waals surface area contributed by atoms with E-state index >= 15 is 0 Å². The van der Waals surface area contributed by atoms with Gasteiger partial charge in [0.05, 0.1) is 6.61 Å². The number of aliphatic hydroxyl groups excluding tert-OH is 1. The molecular formula is C10H16ClNO. The maximum absolute atomic E-state index is 8.69. The van der Waals surface area contributed by atoms with Crippen LogP contribution in [-0.2, 0) is 6.42 Å². The van der Waals surface area contributed by atoms with Crippen molar-refractivity contribution in [3.63, 3.8) is 0 Å². The Kier molecular flexibility index (Phi) is 6.59. The van der Waals surface area contributed by atoms with Gasteiger partial charge in [-0.15, -0.1) is 12.4 Å². The number of nitrogens with two attached hydrogens (primary N) is 1. The summed E-state index contributed by atoms with van der Waals surface area (Å²) < 4.78 is 0. The molecule has 2 nitrogen and oxygen atoms in total. The van der Waals surface area contributed by atoms with Crippen molar-refractivity contribution in [2.24, 2.45) is 5.73 Å². The van der Waals surface area contributed by atoms with E-state index in [1.54, 1.807) is 0 Å². The summed E-state index contributed by atoms with van der Waals surface area (Å²) in [6.45, 7) is 0.0762. The van der Waals surface area contributed by atoms with Crippen molar-refractivity contribution in [1.29, 1.82) is 0 Å². The van der Waals surface area contributed by atoms with Gasteiger partial charge in [-0.2, -0.15) is 0 Å². The molecule has 0 heterocycles. The Morgan fingerprint density at radius 1 is 1.23 bits per heavy atom. The molecule has 3 heteroatoms. The fourth-order valence-corrected chi connectivity index (χ4v) is 1.09. The van der Waals surface area contributed by atoms with Crippen LogP contribution in [0.4, 0.5) is 0 Å². The lowest BCUT2D eigenvalue weighted by Crippen LogP contribution is -2.24. The quantitative estimate of drug-likeness (QED) is 0.773. The number of hydrogen-bond acceptors (Lipinski definition) is 2. The summed E-state index contributed by atoms with van der Waals surface area (Å²) in [7, 11) is 0. The van der Waals surface area contributed by atoms with Gasteiger partial charge in [0, 0.05) is 6.04 Å². The Balaban J connectivity index is 0.00000144. The summed E-state index contributed by atoms with van der Waals surface area (Å²) in [4.78, 5) is 0. The maximum Gasteiger partial charge on any atom is 0.0582 e. The molecule has 0 saturated heterocycles. The number of rotatable bonds is 4. The Morgan fingerprint density at radius 2 is 1.85 bits per heavy atom. The summed E-state index contributed by atoms with van der Waals surface area (Å²) in [5.41, 5.74) is 6.85. The Morgan fingerprint density at radius 3 is 2.38 bits per heavy atom. The van der Waals surface area contributed by atoms with E-state index in [4.69, 9.17) is 10.8 Å². The zero-order valence-electron chi connectivity index (χ0n) is 7.52. The van der Waals surface area contributed by atoms with Crippen molar-refractivity contribution in [3.05, 3.63) is 35.9 Å². The van der Waals surface area contributed by atoms with Crippen molar-refractivity contribution in [1.82, 2.24) is 0 Å². The van der Waals surface area contributed by atoms with Crippen LogP contribution >= 0.6 is 12.4 Å². The second-order valence-electron chi connectivity index (χ2n) is 2.97. The van der Waals surface area contributed by atoms with Gasteiger partial charge in [-0.1, -0.05) is 30.3 Å². The Labute approximate surface area is 85.2 Å². The van der Waals surface area contributed by atoms with Crippen LogP contribution in [0.2, 0.25) is 0 Å². The molecule has 13 heavy (non-hydrogen) atoms. The topological polar surface area (TPSA) is 46.2 Å². The van der Waals surface area contributed by atoms with Crippen LogP contribution in [0.5, 0.6) is 0 Å². The van der Waals surface area contributed by atoms with Gasteiger partial charge in [0.1, 0.15) is 0 Å². The maximum atomic E-state index is 8.69. The molecule has 0 aromatic heterocycles. The smallest absolute Gasteiger partial charge is 0.0582 e. The SMILES string of the molecule is Cl.N[C@H](CO)CCc1ccccc1. The molecule has 0 aliphatic rings. The first-order chi connectivity index (χ1) is 5.83. The average Bonchev–Trinajstić information content (AvgIpc) is 2.16. The summed E-state index contributed by atoms with van der Waals surface area (Å²) in [5.74, 6) is 0. The van der Waals surface area contributed by atoms with E-state index in [1.807, 2.05) is 18.2 Å². The zero-order chi connectivity index (χ0) is 8.81. The van der Waals surface area contributed by atoms with Crippen LogP contribution in [0.1, 0.15) is 12.0 Å². The first kappa shape index (κ1) is 12.4. The molecule has 0 spiro atoms. The highest BCUT2D eigenvalue weighted by atomic mass is 35.5. The van der Waals surface area contributed by atoms with E-state index in [9.17, 15) is 0 Å². The van der Waals surface area contributed by atoms with E-state index in [0.29, 0.717) is 0 Å². The first-order valence-corrected chi connectivity index (χ1v) is 4.23. The van der Waals surface area contributed by atoms with E-state index in [0.717, 1.165) is 12.8 Å². The third-order valence-electron chi connectivity index (χ3n) is 1.88. The molecule has 0 radical (unpaired) electrons. The minimum atomic E-state index is -0.0785. The number of aryl methyl sites for hydroxylation is 1. The van der Waals surface area contributed by atoms with Gasteiger partial charge < -0.3 is 10.8 Å². The van der Waals surface area contributed by atoms with Crippen molar-refractivity contribution in [3.8, 4) is 0 Å². The number of benzene rings is 1. The summed E-state index contributed by atoms with van der Waals surface area (Å²) >= 11 is 0. The molecule has 0 aliphatic carbocycles. The molecule has 0 saturated carbocycles. The van der Waals surface area contributed by atoms with Crippen molar-refractivity contribution in [2.75, 3.05) is 6.61 Å². The third-order valence-corrected chi connectivity index (χ3v) is 1.88. The van der Waals surface area contributed by atoms with Gasteiger partial charge in [-0.25, -0.2) is 0 Å². The highest BCUT2D eigenvalue weighted by Gasteiger charge is 1.99. The van der Waals surface area contributed by atoms with Crippen molar-refractivity contribution in [2.45, 2.75) is 18.9 Å². The van der Waals surface area contributed by atoms with Crippen LogP contribution in [-0.4, -0.2) is 17.8 Å². The van der Waals surface area contributed by atoms with Gasteiger partial charge in [-0.3, -0.25) is 0 Å². The van der Waals surface area contributed by atoms with Crippen LogP contribution in [0.25, 0.3) is 0 Å². The van der Waals surface area contributed by atoms with Gasteiger partial charge in [0.15, 0.2) is 0 Å². The molecule has 1 aromatic carbocycles. The van der Waals surface area contributed by atoms with Gasteiger partial charge >= 0.3 is 0 Å². The van der Waals surface area contributed by atoms with Gasteiger partial charge in [0.2, 0.25) is 0 Å². The largest absolute Gasteiger partial charge is 0.395 e. The molecule has 1 aromatic rings. The summed E-state index contributed by atoms with van der Waals surface area (Å²) in [6.07, 6.45) is 1.79. The monoisotopic (exact) mass is 201 g/mol. The molecule has 1 atom stereocenters. The van der Waals surface area contributed by atoms with E-state index in [-0.39, 0.29) is 25.1 Å². The molecule has 0 fully saturated rings.